The summed E-state index contributed by atoms with van der Waals surface area (Å²) in [7, 11) is 7.69. The van der Waals surface area contributed by atoms with Crippen LogP contribution in [-0.4, -0.2) is 32.3 Å². The van der Waals surface area contributed by atoms with Gasteiger partial charge in [0.05, 0.1) is 7.85 Å². The summed E-state index contributed by atoms with van der Waals surface area (Å²) in [4.78, 5) is 2.12. The van der Waals surface area contributed by atoms with Crippen LogP contribution in [0.4, 0.5) is 0 Å². The van der Waals surface area contributed by atoms with Crippen molar-refractivity contribution in [3.8, 4) is 0 Å². The Bertz CT molecular complexity index is 48.5. The highest BCUT2D eigenvalue weighted by molar-refractivity contribution is 6.11. The molecule has 2 radical (unpaired) electrons. The van der Waals surface area contributed by atoms with E-state index in [2.05, 4.69) is 18.7 Å². The Labute approximate surface area is 53.5 Å². The SMILES string of the molecule is [B]C(CC)N(C)CC. The molecule has 0 heterocycles. The van der Waals surface area contributed by atoms with Gasteiger partial charge in [0.1, 0.15) is 0 Å². The monoisotopic (exact) mass is 111 g/mol. The van der Waals surface area contributed by atoms with Crippen molar-refractivity contribution in [2.24, 2.45) is 0 Å². The molecule has 0 fully saturated rings. The Morgan fingerprint density at radius 1 is 1.50 bits per heavy atom. The van der Waals surface area contributed by atoms with E-state index in [0.717, 1.165) is 13.0 Å². The summed E-state index contributed by atoms with van der Waals surface area (Å²) in [5, 5.41) is 0. The molecule has 0 N–H and O–H groups in total. The van der Waals surface area contributed by atoms with E-state index in [0.29, 0.717) is 0 Å². The molecular formula is C6H14BN. The summed E-state index contributed by atoms with van der Waals surface area (Å²) in [6, 6.07) is 0. The van der Waals surface area contributed by atoms with Crippen molar-refractivity contribution >= 4 is 7.85 Å². The Morgan fingerprint density at radius 3 is 2.12 bits per heavy atom. The summed E-state index contributed by atoms with van der Waals surface area (Å²) >= 11 is 0. The Morgan fingerprint density at radius 2 is 2.00 bits per heavy atom. The number of hydrogen-bond acceptors (Lipinski definition) is 1. The van der Waals surface area contributed by atoms with E-state index in [9.17, 15) is 0 Å². The summed E-state index contributed by atoms with van der Waals surface area (Å²) in [6.07, 6.45) is 1.03. The fraction of sp³-hybridized carbons (Fsp3) is 1.00. The maximum Gasteiger partial charge on any atom is 0.0910 e. The van der Waals surface area contributed by atoms with Crippen LogP contribution < -0.4 is 0 Å². The van der Waals surface area contributed by atoms with Gasteiger partial charge in [-0.25, -0.2) is 0 Å². The standard InChI is InChI=1S/C6H14BN/c1-4-6(7)8(3)5-2/h6H,4-5H2,1-3H3. The maximum absolute atomic E-state index is 5.65. The molecule has 1 atom stereocenters. The molecule has 0 rings (SSSR count). The summed E-state index contributed by atoms with van der Waals surface area (Å²) in [5.74, 6) is 0.250. The molecule has 8 heavy (non-hydrogen) atoms. The quantitative estimate of drug-likeness (QED) is 0.488. The van der Waals surface area contributed by atoms with Crippen molar-refractivity contribution in [1.29, 1.82) is 0 Å². The fourth-order valence-electron chi connectivity index (χ4n) is 0.546. The van der Waals surface area contributed by atoms with E-state index in [-0.39, 0.29) is 5.94 Å². The average Bonchev–Trinajstić information content (AvgIpc) is 1.84. The lowest BCUT2D eigenvalue weighted by Gasteiger charge is -2.21. The third-order valence-corrected chi connectivity index (χ3v) is 1.48. The van der Waals surface area contributed by atoms with Crippen molar-refractivity contribution < 1.29 is 0 Å². The molecule has 0 amide bonds. The Kier molecular flexibility index (Phi) is 3.97. The highest BCUT2D eigenvalue weighted by Gasteiger charge is 2.00. The molecule has 0 saturated carbocycles. The second kappa shape index (κ2) is 3.96. The van der Waals surface area contributed by atoms with Gasteiger partial charge in [-0.1, -0.05) is 13.8 Å². The molecule has 0 aliphatic rings. The van der Waals surface area contributed by atoms with Gasteiger partial charge in [-0.3, -0.25) is 0 Å². The van der Waals surface area contributed by atoms with E-state index in [1.54, 1.807) is 0 Å². The molecule has 0 saturated heterocycles. The number of nitrogens with zero attached hydrogens (tertiary/aromatic N) is 1. The number of hydrogen-bond donors (Lipinski definition) is 0. The third-order valence-electron chi connectivity index (χ3n) is 1.48. The van der Waals surface area contributed by atoms with Gasteiger partial charge in [0.15, 0.2) is 0 Å². The molecule has 2 heteroatoms. The van der Waals surface area contributed by atoms with Crippen LogP contribution in [-0.2, 0) is 0 Å². The lowest BCUT2D eigenvalue weighted by Crippen LogP contribution is -2.30. The minimum atomic E-state index is 0.250. The smallest absolute Gasteiger partial charge is 0.0910 e. The van der Waals surface area contributed by atoms with Gasteiger partial charge < -0.3 is 4.90 Å². The van der Waals surface area contributed by atoms with E-state index >= 15 is 0 Å². The molecule has 0 aromatic carbocycles. The predicted octanol–water partition coefficient (Wildman–Crippen LogP) is 0.843. The molecule has 46 valence electrons. The van der Waals surface area contributed by atoms with Crippen LogP contribution >= 0.6 is 0 Å². The van der Waals surface area contributed by atoms with E-state index in [4.69, 9.17) is 7.85 Å². The molecule has 1 nitrogen and oxygen atoms in total. The second-order valence-corrected chi connectivity index (χ2v) is 2.05. The van der Waals surface area contributed by atoms with Crippen LogP contribution in [0, 0.1) is 0 Å². The van der Waals surface area contributed by atoms with E-state index in [1.807, 2.05) is 7.05 Å². The van der Waals surface area contributed by atoms with E-state index < -0.39 is 0 Å². The first-order chi connectivity index (χ1) is 3.72. The summed E-state index contributed by atoms with van der Waals surface area (Å²) < 4.78 is 0. The van der Waals surface area contributed by atoms with Crippen LogP contribution in [0.15, 0.2) is 0 Å². The maximum atomic E-state index is 5.65. The normalized spacial score (nSPS) is 14.5. The highest BCUT2D eigenvalue weighted by atomic mass is 15.1. The minimum absolute atomic E-state index is 0.250. The second-order valence-electron chi connectivity index (χ2n) is 2.05. The van der Waals surface area contributed by atoms with Gasteiger partial charge >= 0.3 is 0 Å². The van der Waals surface area contributed by atoms with Gasteiger partial charge in [0.25, 0.3) is 0 Å². The predicted molar refractivity (Wildman–Crippen MR) is 38.1 cm³/mol. The third kappa shape index (κ3) is 2.36. The molecule has 0 aliphatic heterocycles. The fourth-order valence-corrected chi connectivity index (χ4v) is 0.546. The highest BCUT2D eigenvalue weighted by Crippen LogP contribution is 1.93. The first kappa shape index (κ1) is 8.02. The largest absolute Gasteiger partial charge is 0.312 e. The lowest BCUT2D eigenvalue weighted by molar-refractivity contribution is 0.318. The van der Waals surface area contributed by atoms with Gasteiger partial charge in [-0.05, 0) is 26.0 Å². The van der Waals surface area contributed by atoms with Crippen LogP contribution in [0.3, 0.4) is 0 Å². The zero-order valence-corrected chi connectivity index (χ0v) is 6.02. The van der Waals surface area contributed by atoms with Crippen molar-refractivity contribution in [2.45, 2.75) is 26.2 Å². The topological polar surface area (TPSA) is 3.24 Å². The van der Waals surface area contributed by atoms with Crippen LogP contribution in [0.5, 0.6) is 0 Å². The van der Waals surface area contributed by atoms with Crippen LogP contribution in [0.2, 0.25) is 0 Å². The molecular weight excluding hydrogens is 96.9 g/mol. The molecule has 0 aliphatic carbocycles. The molecule has 0 bridgehead atoms. The Hall–Kier alpha value is 0.0249. The van der Waals surface area contributed by atoms with Crippen LogP contribution in [0.1, 0.15) is 20.3 Å². The summed E-state index contributed by atoms with van der Waals surface area (Å²) in [5.41, 5.74) is 0. The zero-order chi connectivity index (χ0) is 6.57. The molecule has 0 aromatic heterocycles. The van der Waals surface area contributed by atoms with E-state index in [1.165, 1.54) is 0 Å². The van der Waals surface area contributed by atoms with Crippen molar-refractivity contribution in [1.82, 2.24) is 4.90 Å². The average molecular weight is 111 g/mol. The molecule has 1 unspecified atom stereocenters. The van der Waals surface area contributed by atoms with Crippen molar-refractivity contribution in [3.63, 3.8) is 0 Å². The van der Waals surface area contributed by atoms with Crippen molar-refractivity contribution in [3.05, 3.63) is 0 Å². The Balaban J connectivity index is 3.29. The summed E-state index contributed by atoms with van der Waals surface area (Å²) in [6.45, 7) is 5.24. The van der Waals surface area contributed by atoms with Gasteiger partial charge in [-0.2, -0.15) is 0 Å². The molecule has 0 aromatic rings. The first-order valence-electron chi connectivity index (χ1n) is 3.18. The van der Waals surface area contributed by atoms with Gasteiger partial charge in [0.2, 0.25) is 0 Å². The van der Waals surface area contributed by atoms with Crippen LogP contribution in [0.25, 0.3) is 0 Å². The number of rotatable bonds is 3. The van der Waals surface area contributed by atoms with Gasteiger partial charge in [0, 0.05) is 0 Å². The first-order valence-corrected chi connectivity index (χ1v) is 3.18. The minimum Gasteiger partial charge on any atom is -0.312 e. The van der Waals surface area contributed by atoms with Gasteiger partial charge in [-0.15, -0.1) is 0 Å². The lowest BCUT2D eigenvalue weighted by atomic mass is 9.93. The molecule has 0 spiro atoms. The zero-order valence-electron chi connectivity index (χ0n) is 6.02. The van der Waals surface area contributed by atoms with Crippen molar-refractivity contribution in [2.75, 3.05) is 13.6 Å².